The number of nitrogens with zero attached hydrogens (tertiary/aromatic N) is 4. The molecular formula is C19H22N8O. The van der Waals surface area contributed by atoms with Crippen molar-refractivity contribution in [3.8, 4) is 0 Å². The Morgan fingerprint density at radius 1 is 1.21 bits per heavy atom. The number of benzene rings is 1. The highest BCUT2D eigenvalue weighted by Crippen LogP contribution is 2.25. The number of hydrogen-bond donors (Lipinski definition) is 4. The first-order valence-corrected chi connectivity index (χ1v) is 9.07. The van der Waals surface area contributed by atoms with Crippen LogP contribution >= 0.6 is 0 Å². The molecule has 4 rings (SSSR count). The normalized spacial score (nSPS) is 11.4. The zero-order chi connectivity index (χ0) is 19.5. The van der Waals surface area contributed by atoms with Gasteiger partial charge in [0, 0.05) is 17.6 Å². The molecule has 0 saturated carbocycles. The van der Waals surface area contributed by atoms with E-state index in [1.54, 1.807) is 12.3 Å². The monoisotopic (exact) mass is 378 g/mol. The summed E-state index contributed by atoms with van der Waals surface area (Å²) in [6, 6.07) is 7.65. The molecule has 0 unspecified atom stereocenters. The average Bonchev–Trinajstić information content (AvgIpc) is 3.31. The molecule has 0 saturated heterocycles. The smallest absolute Gasteiger partial charge is 0.267 e. The first-order valence-electron chi connectivity index (χ1n) is 9.07. The summed E-state index contributed by atoms with van der Waals surface area (Å²) < 4.78 is 0. The molecule has 3 heterocycles. The van der Waals surface area contributed by atoms with E-state index >= 15 is 0 Å². The topological polar surface area (TPSA) is 115 Å². The van der Waals surface area contributed by atoms with E-state index in [0.29, 0.717) is 23.7 Å². The third-order valence-corrected chi connectivity index (χ3v) is 4.44. The molecule has 4 aromatic rings. The van der Waals surface area contributed by atoms with E-state index in [9.17, 15) is 4.79 Å². The molecule has 1 amide bonds. The highest BCUT2D eigenvalue weighted by molar-refractivity contribution is 6.00. The quantitative estimate of drug-likeness (QED) is 0.367. The van der Waals surface area contributed by atoms with Gasteiger partial charge in [0.2, 0.25) is 0 Å². The lowest BCUT2D eigenvalue weighted by atomic mass is 10.2. The van der Waals surface area contributed by atoms with Gasteiger partial charge in [-0.3, -0.25) is 9.89 Å². The number of anilines is 2. The number of aromatic nitrogens is 5. The van der Waals surface area contributed by atoms with Crippen molar-refractivity contribution in [2.24, 2.45) is 0 Å². The van der Waals surface area contributed by atoms with Crippen LogP contribution in [0.4, 0.5) is 11.5 Å². The molecule has 0 atom stereocenters. The van der Waals surface area contributed by atoms with Gasteiger partial charge < -0.3 is 20.5 Å². The number of carbonyl (C=O) groups excluding carboxylic acids is 1. The molecule has 144 valence electrons. The Balaban J connectivity index is 1.52. The number of fused-ring (bicyclic) bond motifs is 2. The number of H-pyrrole nitrogens is 2. The van der Waals surface area contributed by atoms with Crippen LogP contribution in [-0.4, -0.2) is 63.1 Å². The van der Waals surface area contributed by atoms with E-state index in [2.05, 4.69) is 40.7 Å². The molecular weight excluding hydrogens is 356 g/mol. The minimum atomic E-state index is -0.150. The van der Waals surface area contributed by atoms with Crippen molar-refractivity contribution in [1.29, 1.82) is 0 Å². The molecule has 0 bridgehead atoms. The number of amides is 1. The van der Waals surface area contributed by atoms with E-state index in [-0.39, 0.29) is 5.91 Å². The summed E-state index contributed by atoms with van der Waals surface area (Å²) in [5.41, 5.74) is 2.92. The van der Waals surface area contributed by atoms with Gasteiger partial charge in [-0.05, 0) is 51.3 Å². The van der Waals surface area contributed by atoms with Gasteiger partial charge >= 0.3 is 0 Å². The Bertz CT molecular complexity index is 1110. The van der Waals surface area contributed by atoms with E-state index < -0.39 is 0 Å². The van der Waals surface area contributed by atoms with Crippen LogP contribution in [0.3, 0.4) is 0 Å². The Kier molecular flexibility index (Phi) is 4.90. The van der Waals surface area contributed by atoms with Gasteiger partial charge in [-0.25, -0.2) is 9.97 Å². The van der Waals surface area contributed by atoms with Crippen molar-refractivity contribution >= 4 is 39.3 Å². The van der Waals surface area contributed by atoms with Crippen molar-refractivity contribution in [3.05, 3.63) is 42.5 Å². The third kappa shape index (κ3) is 3.79. The lowest BCUT2D eigenvalue weighted by molar-refractivity contribution is 0.0948. The Morgan fingerprint density at radius 3 is 2.96 bits per heavy atom. The second-order valence-corrected chi connectivity index (χ2v) is 6.88. The molecule has 28 heavy (non-hydrogen) atoms. The summed E-state index contributed by atoms with van der Waals surface area (Å²) in [7, 11) is 4.02. The molecule has 0 fully saturated rings. The van der Waals surface area contributed by atoms with Crippen LogP contribution in [0.1, 0.15) is 16.9 Å². The minimum absolute atomic E-state index is 0.150. The molecule has 9 heteroatoms. The van der Waals surface area contributed by atoms with E-state index in [4.69, 9.17) is 0 Å². The molecule has 9 nitrogen and oxygen atoms in total. The summed E-state index contributed by atoms with van der Waals surface area (Å²) in [5.74, 6) is 0.485. The lowest BCUT2D eigenvalue weighted by Gasteiger charge is -2.09. The van der Waals surface area contributed by atoms with Gasteiger partial charge in [0.15, 0.2) is 0 Å². The van der Waals surface area contributed by atoms with Crippen molar-refractivity contribution in [1.82, 2.24) is 35.4 Å². The first-order chi connectivity index (χ1) is 13.6. The zero-order valence-corrected chi connectivity index (χ0v) is 15.8. The number of hydrogen-bond acceptors (Lipinski definition) is 6. The van der Waals surface area contributed by atoms with Crippen molar-refractivity contribution < 1.29 is 4.79 Å². The minimum Gasteiger partial charge on any atom is -0.351 e. The van der Waals surface area contributed by atoms with Crippen molar-refractivity contribution in [2.45, 2.75) is 6.42 Å². The predicted molar refractivity (Wildman–Crippen MR) is 109 cm³/mol. The van der Waals surface area contributed by atoms with E-state index in [1.807, 2.05) is 32.3 Å². The number of nitrogens with one attached hydrogen (secondary N) is 4. The van der Waals surface area contributed by atoms with E-state index in [0.717, 1.165) is 34.9 Å². The van der Waals surface area contributed by atoms with Crippen molar-refractivity contribution in [3.63, 3.8) is 0 Å². The van der Waals surface area contributed by atoms with Crippen LogP contribution in [0.2, 0.25) is 0 Å². The summed E-state index contributed by atoms with van der Waals surface area (Å²) in [5, 5.41) is 14.9. The third-order valence-electron chi connectivity index (χ3n) is 4.44. The highest BCUT2D eigenvalue weighted by atomic mass is 16.1. The maximum absolute atomic E-state index is 12.4. The summed E-state index contributed by atoms with van der Waals surface area (Å²) >= 11 is 0. The average molecular weight is 378 g/mol. The van der Waals surface area contributed by atoms with Gasteiger partial charge in [-0.2, -0.15) is 5.10 Å². The zero-order valence-electron chi connectivity index (χ0n) is 15.8. The highest BCUT2D eigenvalue weighted by Gasteiger charge is 2.13. The second kappa shape index (κ2) is 7.65. The Hall–Kier alpha value is -3.46. The lowest BCUT2D eigenvalue weighted by Crippen LogP contribution is -2.27. The van der Waals surface area contributed by atoms with Gasteiger partial charge in [-0.15, -0.1) is 0 Å². The van der Waals surface area contributed by atoms with Crippen LogP contribution in [0, 0.1) is 0 Å². The molecule has 0 aliphatic rings. The molecule has 0 aliphatic heterocycles. The van der Waals surface area contributed by atoms with Crippen LogP contribution in [0.25, 0.3) is 21.9 Å². The van der Waals surface area contributed by atoms with Gasteiger partial charge in [0.1, 0.15) is 23.5 Å². The van der Waals surface area contributed by atoms with E-state index in [1.165, 1.54) is 6.33 Å². The molecule has 4 N–H and O–H groups in total. The molecule has 0 spiro atoms. The van der Waals surface area contributed by atoms with Gasteiger partial charge in [0.05, 0.1) is 17.1 Å². The molecule has 1 aromatic carbocycles. The number of carbonyl (C=O) groups is 1. The number of rotatable bonds is 7. The fourth-order valence-electron chi connectivity index (χ4n) is 3.01. The molecule has 0 radical (unpaired) electrons. The SMILES string of the molecule is CN(C)CCCNC(=O)c1cc2c(Nc3ccc4[nH]ncc4c3)ncnc2[nH]1. The predicted octanol–water partition coefficient (Wildman–Crippen LogP) is 2.26. The fraction of sp³-hybridized carbons (Fsp3) is 0.263. The van der Waals surface area contributed by atoms with Gasteiger partial charge in [-0.1, -0.05) is 0 Å². The number of aromatic amines is 2. The van der Waals surface area contributed by atoms with Crippen LogP contribution in [0.15, 0.2) is 36.8 Å². The summed E-state index contributed by atoms with van der Waals surface area (Å²) in [6.07, 6.45) is 4.13. The molecule has 3 aromatic heterocycles. The standard InChI is InChI=1S/C19H22N8O/c1-27(2)7-3-6-20-19(28)16-9-14-17(21-11-22-18(14)25-16)24-13-4-5-15-12(8-13)10-23-26-15/h4-5,8-11H,3,6-7H2,1-2H3,(H,20,28)(H,23,26)(H2,21,22,24,25). The largest absolute Gasteiger partial charge is 0.351 e. The van der Waals surface area contributed by atoms with Crippen LogP contribution in [0.5, 0.6) is 0 Å². The van der Waals surface area contributed by atoms with Crippen LogP contribution < -0.4 is 10.6 Å². The van der Waals surface area contributed by atoms with Gasteiger partial charge in [0.25, 0.3) is 5.91 Å². The fourth-order valence-corrected chi connectivity index (χ4v) is 3.01. The Morgan fingerprint density at radius 2 is 2.11 bits per heavy atom. The summed E-state index contributed by atoms with van der Waals surface area (Å²) in [6.45, 7) is 1.54. The van der Waals surface area contributed by atoms with Crippen molar-refractivity contribution in [2.75, 3.05) is 32.5 Å². The van der Waals surface area contributed by atoms with Crippen LogP contribution in [-0.2, 0) is 0 Å². The Labute approximate surface area is 161 Å². The maximum Gasteiger partial charge on any atom is 0.267 e. The second-order valence-electron chi connectivity index (χ2n) is 6.88. The molecule has 0 aliphatic carbocycles. The maximum atomic E-state index is 12.4. The summed E-state index contributed by atoms with van der Waals surface area (Å²) in [4.78, 5) is 26.1. The first kappa shape index (κ1) is 17.9.